The van der Waals surface area contributed by atoms with Gasteiger partial charge in [0, 0.05) is 0 Å². The van der Waals surface area contributed by atoms with E-state index in [-0.39, 0.29) is 16.5 Å². The zero-order valence-corrected chi connectivity index (χ0v) is 13.3. The third-order valence-electron chi connectivity index (χ3n) is 2.67. The van der Waals surface area contributed by atoms with E-state index in [9.17, 15) is 9.90 Å². The number of phenolic OH excluding ortho intramolecular Hbond substituents is 1. The molecule has 0 spiro atoms. The molecule has 0 aliphatic heterocycles. The first-order chi connectivity index (χ1) is 10.4. The van der Waals surface area contributed by atoms with Gasteiger partial charge in [0.05, 0.1) is 24.0 Å². The molecule has 0 atom stereocenters. The summed E-state index contributed by atoms with van der Waals surface area (Å²) in [6.45, 7) is 1.69. The molecule has 0 fully saturated rings. The number of aromatic nitrogens is 1. The summed E-state index contributed by atoms with van der Waals surface area (Å²) in [6.07, 6.45) is 1.38. The Hall–Kier alpha value is -2.32. The minimum absolute atomic E-state index is 0.123. The van der Waals surface area contributed by atoms with Crippen molar-refractivity contribution in [1.82, 2.24) is 10.4 Å². The summed E-state index contributed by atoms with van der Waals surface area (Å²) in [4.78, 5) is 16.3. The number of nitrogen functional groups attached to an aromatic ring is 1. The molecule has 4 N–H and O–H groups in total. The van der Waals surface area contributed by atoms with E-state index in [2.05, 4.69) is 15.5 Å². The van der Waals surface area contributed by atoms with Crippen molar-refractivity contribution in [2.24, 2.45) is 5.10 Å². The van der Waals surface area contributed by atoms with Crippen molar-refractivity contribution in [3.8, 4) is 11.5 Å². The van der Waals surface area contributed by atoms with Gasteiger partial charge >= 0.3 is 0 Å². The van der Waals surface area contributed by atoms with Crippen LogP contribution in [0.5, 0.6) is 11.5 Å². The first-order valence-electron chi connectivity index (χ1n) is 6.05. The SMILES string of the molecule is COc1cc(/C=N\NC(=O)c2sc(N)nc2C)cc(Cl)c1O. The lowest BCUT2D eigenvalue weighted by Crippen LogP contribution is -2.17. The molecule has 0 saturated heterocycles. The van der Waals surface area contributed by atoms with Crippen molar-refractivity contribution in [3.05, 3.63) is 33.3 Å². The summed E-state index contributed by atoms with van der Waals surface area (Å²) in [5, 5.41) is 13.9. The second-order valence-corrected chi connectivity index (χ2v) is 5.66. The van der Waals surface area contributed by atoms with Crippen LogP contribution in [0.15, 0.2) is 17.2 Å². The smallest absolute Gasteiger partial charge is 0.283 e. The minimum Gasteiger partial charge on any atom is -0.503 e. The van der Waals surface area contributed by atoms with Gasteiger partial charge in [-0.15, -0.1) is 0 Å². The highest BCUT2D eigenvalue weighted by Crippen LogP contribution is 2.34. The maximum Gasteiger partial charge on any atom is 0.283 e. The summed E-state index contributed by atoms with van der Waals surface area (Å²) in [6, 6.07) is 3.03. The van der Waals surface area contributed by atoms with E-state index in [0.29, 0.717) is 21.3 Å². The second-order valence-electron chi connectivity index (χ2n) is 4.22. The standard InChI is InChI=1S/C13H13ClN4O3S/c1-6-11(22-13(15)17-6)12(20)18-16-5-7-3-8(14)10(19)9(4-7)21-2/h3-5,19H,1-2H3,(H2,15,17)(H,18,20)/b16-5-. The van der Waals surface area contributed by atoms with Crippen LogP contribution in [0.1, 0.15) is 20.9 Å². The number of aryl methyl sites for hydroxylation is 1. The normalized spacial score (nSPS) is 10.9. The van der Waals surface area contributed by atoms with Gasteiger partial charge in [0.1, 0.15) is 4.88 Å². The number of phenols is 1. The Balaban J connectivity index is 2.11. The van der Waals surface area contributed by atoms with Crippen LogP contribution in [0.25, 0.3) is 0 Å². The summed E-state index contributed by atoms with van der Waals surface area (Å²) in [5.74, 6) is -0.341. The lowest BCUT2D eigenvalue weighted by molar-refractivity contribution is 0.0958. The molecule has 1 amide bonds. The van der Waals surface area contributed by atoms with Crippen LogP contribution in [-0.4, -0.2) is 29.3 Å². The van der Waals surface area contributed by atoms with E-state index in [0.717, 1.165) is 11.3 Å². The fourth-order valence-corrected chi connectivity index (χ4v) is 2.61. The van der Waals surface area contributed by atoms with Crippen molar-refractivity contribution in [2.75, 3.05) is 12.8 Å². The quantitative estimate of drug-likeness (QED) is 0.583. The van der Waals surface area contributed by atoms with E-state index in [1.807, 2.05) is 0 Å². The highest BCUT2D eigenvalue weighted by atomic mass is 35.5. The fourth-order valence-electron chi connectivity index (χ4n) is 1.67. The predicted octanol–water partition coefficient (Wildman–Crippen LogP) is 2.17. The third-order valence-corrected chi connectivity index (χ3v) is 3.94. The molecule has 0 aliphatic rings. The number of ether oxygens (including phenoxy) is 1. The number of carbonyl (C=O) groups excluding carboxylic acids is 1. The Kier molecular flexibility index (Phi) is 4.84. The molecule has 1 aromatic heterocycles. The molecule has 0 aliphatic carbocycles. The van der Waals surface area contributed by atoms with Crippen molar-refractivity contribution in [3.63, 3.8) is 0 Å². The number of methoxy groups -OCH3 is 1. The molecule has 0 saturated carbocycles. The van der Waals surface area contributed by atoms with Gasteiger partial charge < -0.3 is 15.6 Å². The summed E-state index contributed by atoms with van der Waals surface area (Å²) < 4.78 is 4.98. The average molecular weight is 341 g/mol. The topological polar surface area (TPSA) is 110 Å². The van der Waals surface area contributed by atoms with Gasteiger partial charge in [0.25, 0.3) is 5.91 Å². The Morgan fingerprint density at radius 2 is 2.32 bits per heavy atom. The van der Waals surface area contributed by atoms with E-state index < -0.39 is 5.91 Å². The summed E-state index contributed by atoms with van der Waals surface area (Å²) >= 11 is 6.94. The molecular weight excluding hydrogens is 328 g/mol. The van der Waals surface area contributed by atoms with E-state index in [1.165, 1.54) is 25.5 Å². The molecule has 0 bridgehead atoms. The molecule has 22 heavy (non-hydrogen) atoms. The highest BCUT2D eigenvalue weighted by Gasteiger charge is 2.13. The number of nitrogens with two attached hydrogens (primary N) is 1. The van der Waals surface area contributed by atoms with Crippen LogP contribution in [0.4, 0.5) is 5.13 Å². The Morgan fingerprint density at radius 1 is 1.59 bits per heavy atom. The Labute approximate surface area is 135 Å². The largest absolute Gasteiger partial charge is 0.503 e. The molecule has 2 aromatic rings. The number of amides is 1. The number of benzene rings is 1. The van der Waals surface area contributed by atoms with Gasteiger partial charge in [0.15, 0.2) is 16.6 Å². The highest BCUT2D eigenvalue weighted by molar-refractivity contribution is 7.17. The molecular formula is C13H13ClN4O3S. The van der Waals surface area contributed by atoms with Crippen LogP contribution in [0.3, 0.4) is 0 Å². The monoisotopic (exact) mass is 340 g/mol. The van der Waals surface area contributed by atoms with E-state index >= 15 is 0 Å². The lowest BCUT2D eigenvalue weighted by Gasteiger charge is -2.05. The van der Waals surface area contributed by atoms with Gasteiger partial charge in [-0.2, -0.15) is 5.10 Å². The first-order valence-corrected chi connectivity index (χ1v) is 7.24. The summed E-state index contributed by atoms with van der Waals surface area (Å²) in [5.41, 5.74) is 9.01. The van der Waals surface area contributed by atoms with Crippen molar-refractivity contribution < 1.29 is 14.6 Å². The number of halogens is 1. The number of aromatic hydroxyl groups is 1. The molecule has 0 radical (unpaired) electrons. The van der Waals surface area contributed by atoms with Crippen molar-refractivity contribution in [2.45, 2.75) is 6.92 Å². The number of carbonyl (C=O) groups is 1. The molecule has 0 unspecified atom stereocenters. The van der Waals surface area contributed by atoms with Gasteiger partial charge in [0.2, 0.25) is 0 Å². The maximum absolute atomic E-state index is 11.9. The number of anilines is 1. The lowest BCUT2D eigenvalue weighted by atomic mass is 10.2. The molecule has 1 heterocycles. The average Bonchev–Trinajstić information content (AvgIpc) is 2.81. The Morgan fingerprint density at radius 3 is 2.91 bits per heavy atom. The van der Waals surface area contributed by atoms with Crippen molar-refractivity contribution in [1.29, 1.82) is 0 Å². The molecule has 2 rings (SSSR count). The van der Waals surface area contributed by atoms with Crippen molar-refractivity contribution >= 4 is 40.2 Å². The number of nitrogens with one attached hydrogen (secondary N) is 1. The number of hydrogen-bond acceptors (Lipinski definition) is 7. The van der Waals surface area contributed by atoms with Crippen LogP contribution in [0.2, 0.25) is 5.02 Å². The molecule has 7 nitrogen and oxygen atoms in total. The second kappa shape index (κ2) is 6.63. The first kappa shape index (κ1) is 16.1. The molecule has 1 aromatic carbocycles. The number of nitrogens with zero attached hydrogens (tertiary/aromatic N) is 2. The zero-order chi connectivity index (χ0) is 16.3. The zero-order valence-electron chi connectivity index (χ0n) is 11.8. The molecule has 9 heteroatoms. The third kappa shape index (κ3) is 3.46. The number of hydrogen-bond donors (Lipinski definition) is 3. The van der Waals surface area contributed by atoms with Crippen LogP contribution < -0.4 is 15.9 Å². The maximum atomic E-state index is 11.9. The van der Waals surface area contributed by atoms with Gasteiger partial charge in [-0.05, 0) is 24.6 Å². The van der Waals surface area contributed by atoms with Crippen LogP contribution >= 0.6 is 22.9 Å². The summed E-state index contributed by atoms with van der Waals surface area (Å²) in [7, 11) is 1.41. The van der Waals surface area contributed by atoms with E-state index in [1.54, 1.807) is 6.92 Å². The number of hydrazone groups is 1. The molecule has 116 valence electrons. The van der Waals surface area contributed by atoms with Crippen LogP contribution in [0, 0.1) is 6.92 Å². The minimum atomic E-state index is -0.403. The van der Waals surface area contributed by atoms with Gasteiger partial charge in [-0.1, -0.05) is 22.9 Å². The fraction of sp³-hybridized carbons (Fsp3) is 0.154. The van der Waals surface area contributed by atoms with Gasteiger partial charge in [-0.3, -0.25) is 4.79 Å². The number of thiazole rings is 1. The Bertz CT molecular complexity index is 745. The van der Waals surface area contributed by atoms with E-state index in [4.69, 9.17) is 22.1 Å². The predicted molar refractivity (Wildman–Crippen MR) is 86.0 cm³/mol. The number of rotatable bonds is 4. The van der Waals surface area contributed by atoms with Crippen LogP contribution in [-0.2, 0) is 0 Å². The van der Waals surface area contributed by atoms with Gasteiger partial charge in [-0.25, -0.2) is 10.4 Å².